The molecule has 0 radical (unpaired) electrons. The Labute approximate surface area is 166 Å². The number of amides is 2. The number of likely N-dealkylation sites (N-methyl/N-ethyl adjacent to an activating group) is 1. The van der Waals surface area contributed by atoms with Crippen molar-refractivity contribution in [3.05, 3.63) is 58.4 Å². The number of aromatic nitrogens is 1. The number of thiophene rings is 1. The summed E-state index contributed by atoms with van der Waals surface area (Å²) in [6, 6.07) is 11.2. The first-order valence-electron chi connectivity index (χ1n) is 8.88. The highest BCUT2D eigenvalue weighted by molar-refractivity contribution is 7.09. The molecule has 146 valence electrons. The van der Waals surface area contributed by atoms with Crippen LogP contribution in [0.25, 0.3) is 10.9 Å². The van der Waals surface area contributed by atoms with E-state index in [-0.39, 0.29) is 12.5 Å². The molecule has 28 heavy (non-hydrogen) atoms. The number of nitrogens with one attached hydrogen (secondary N) is 2. The molecular formula is C20H21N3O4S. The van der Waals surface area contributed by atoms with Gasteiger partial charge in [0.05, 0.1) is 18.7 Å². The summed E-state index contributed by atoms with van der Waals surface area (Å²) < 4.78 is 5.16. The predicted octanol–water partition coefficient (Wildman–Crippen LogP) is 2.55. The molecule has 2 amide bonds. The van der Waals surface area contributed by atoms with Crippen molar-refractivity contribution in [1.82, 2.24) is 15.2 Å². The number of hydrogen-bond donors (Lipinski definition) is 2. The molecule has 0 unspecified atom stereocenters. The third-order valence-electron chi connectivity index (χ3n) is 4.24. The monoisotopic (exact) mass is 399 g/mol. The number of esters is 1. The zero-order valence-electron chi connectivity index (χ0n) is 15.4. The average molecular weight is 399 g/mol. The molecule has 0 fully saturated rings. The number of carbonyl (C=O) groups excluding carboxylic acids is 3. The van der Waals surface area contributed by atoms with Gasteiger partial charge in [0.25, 0.3) is 5.91 Å². The van der Waals surface area contributed by atoms with E-state index >= 15 is 0 Å². The summed E-state index contributed by atoms with van der Waals surface area (Å²) in [7, 11) is 0. The van der Waals surface area contributed by atoms with Crippen LogP contribution in [0.4, 0.5) is 0 Å². The summed E-state index contributed by atoms with van der Waals surface area (Å²) in [5.74, 6) is -1.25. The average Bonchev–Trinajstić information content (AvgIpc) is 3.38. The molecule has 0 saturated heterocycles. The Morgan fingerprint density at radius 2 is 2.00 bits per heavy atom. The van der Waals surface area contributed by atoms with Gasteiger partial charge in [-0.05, 0) is 24.4 Å². The van der Waals surface area contributed by atoms with E-state index < -0.39 is 18.5 Å². The maximum Gasteiger partial charge on any atom is 0.340 e. The largest absolute Gasteiger partial charge is 0.452 e. The van der Waals surface area contributed by atoms with Gasteiger partial charge in [-0.25, -0.2) is 4.79 Å². The van der Waals surface area contributed by atoms with Crippen LogP contribution < -0.4 is 5.32 Å². The number of carbonyl (C=O) groups is 3. The fourth-order valence-corrected chi connectivity index (χ4v) is 3.39. The fraction of sp³-hybridized carbons (Fsp3) is 0.250. The minimum atomic E-state index is -0.580. The molecular weight excluding hydrogens is 378 g/mol. The molecule has 7 nitrogen and oxygen atoms in total. The Hall–Kier alpha value is -3.13. The number of rotatable bonds is 8. The van der Waals surface area contributed by atoms with Crippen LogP contribution in [0.3, 0.4) is 0 Å². The first-order valence-corrected chi connectivity index (χ1v) is 9.76. The Bertz CT molecular complexity index is 965. The molecule has 0 atom stereocenters. The molecule has 2 N–H and O–H groups in total. The first kappa shape index (κ1) is 19.6. The lowest BCUT2D eigenvalue weighted by Gasteiger charge is -2.20. The summed E-state index contributed by atoms with van der Waals surface area (Å²) in [6.45, 7) is 2.05. The van der Waals surface area contributed by atoms with E-state index in [0.29, 0.717) is 18.7 Å². The zero-order chi connectivity index (χ0) is 19.9. The highest BCUT2D eigenvalue weighted by atomic mass is 32.1. The van der Waals surface area contributed by atoms with Gasteiger partial charge in [0.2, 0.25) is 5.91 Å². The lowest BCUT2D eigenvalue weighted by Crippen LogP contribution is -2.42. The lowest BCUT2D eigenvalue weighted by atomic mass is 10.2. The van der Waals surface area contributed by atoms with Crippen molar-refractivity contribution in [2.24, 2.45) is 0 Å². The number of benzene rings is 1. The SMILES string of the molecule is CCN(CC(=O)NCc1cccs1)C(=O)COC(=O)c1c[nH]c2ccccc12. The van der Waals surface area contributed by atoms with Gasteiger partial charge >= 0.3 is 5.97 Å². The number of hydrogen-bond acceptors (Lipinski definition) is 5. The van der Waals surface area contributed by atoms with Crippen LogP contribution in [0.2, 0.25) is 0 Å². The first-order chi connectivity index (χ1) is 13.6. The molecule has 1 aromatic carbocycles. The van der Waals surface area contributed by atoms with Crippen molar-refractivity contribution in [1.29, 1.82) is 0 Å². The fourth-order valence-electron chi connectivity index (χ4n) is 2.74. The van der Waals surface area contributed by atoms with Gasteiger partial charge in [0, 0.05) is 28.5 Å². The molecule has 3 aromatic rings. The van der Waals surface area contributed by atoms with E-state index in [4.69, 9.17) is 4.74 Å². The Kier molecular flexibility index (Phi) is 6.44. The van der Waals surface area contributed by atoms with Gasteiger partial charge in [0.15, 0.2) is 6.61 Å². The number of fused-ring (bicyclic) bond motifs is 1. The lowest BCUT2D eigenvalue weighted by molar-refractivity contribution is -0.138. The molecule has 2 aromatic heterocycles. The second kappa shape index (κ2) is 9.18. The predicted molar refractivity (Wildman–Crippen MR) is 107 cm³/mol. The van der Waals surface area contributed by atoms with Crippen LogP contribution in [0, 0.1) is 0 Å². The molecule has 0 aliphatic rings. The molecule has 0 bridgehead atoms. The smallest absolute Gasteiger partial charge is 0.340 e. The number of aromatic amines is 1. The summed E-state index contributed by atoms with van der Waals surface area (Å²) in [6.07, 6.45) is 1.56. The summed E-state index contributed by atoms with van der Waals surface area (Å²) >= 11 is 1.55. The van der Waals surface area contributed by atoms with Crippen molar-refractivity contribution >= 4 is 40.0 Å². The quantitative estimate of drug-likeness (QED) is 0.570. The van der Waals surface area contributed by atoms with Crippen LogP contribution in [-0.4, -0.2) is 47.4 Å². The van der Waals surface area contributed by atoms with Gasteiger partial charge in [-0.1, -0.05) is 24.3 Å². The maximum absolute atomic E-state index is 12.3. The number of nitrogens with zero attached hydrogens (tertiary/aromatic N) is 1. The van der Waals surface area contributed by atoms with Gasteiger partial charge in [-0.3, -0.25) is 9.59 Å². The summed E-state index contributed by atoms with van der Waals surface area (Å²) in [5, 5.41) is 5.45. The third kappa shape index (κ3) is 4.77. The summed E-state index contributed by atoms with van der Waals surface area (Å²) in [4.78, 5) is 42.1. The highest BCUT2D eigenvalue weighted by Gasteiger charge is 2.19. The van der Waals surface area contributed by atoms with E-state index in [0.717, 1.165) is 15.8 Å². The Balaban J connectivity index is 1.50. The van der Waals surface area contributed by atoms with Crippen molar-refractivity contribution in [2.45, 2.75) is 13.5 Å². The van der Waals surface area contributed by atoms with E-state index in [2.05, 4.69) is 10.3 Å². The second-order valence-electron chi connectivity index (χ2n) is 6.09. The summed E-state index contributed by atoms with van der Waals surface area (Å²) in [5.41, 5.74) is 1.19. The van der Waals surface area contributed by atoms with E-state index in [1.807, 2.05) is 35.7 Å². The molecule has 8 heteroatoms. The van der Waals surface area contributed by atoms with Gasteiger partial charge < -0.3 is 19.9 Å². The van der Waals surface area contributed by atoms with E-state index in [1.165, 1.54) is 4.90 Å². The second-order valence-corrected chi connectivity index (χ2v) is 7.12. The van der Waals surface area contributed by atoms with Crippen molar-refractivity contribution < 1.29 is 19.1 Å². The van der Waals surface area contributed by atoms with E-state index in [1.54, 1.807) is 30.5 Å². The normalized spacial score (nSPS) is 10.6. The van der Waals surface area contributed by atoms with Crippen LogP contribution >= 0.6 is 11.3 Å². The van der Waals surface area contributed by atoms with Gasteiger partial charge in [-0.15, -0.1) is 11.3 Å². The molecule has 2 heterocycles. The van der Waals surface area contributed by atoms with Gasteiger partial charge in [-0.2, -0.15) is 0 Å². The van der Waals surface area contributed by atoms with Crippen LogP contribution in [-0.2, 0) is 20.9 Å². The zero-order valence-corrected chi connectivity index (χ0v) is 16.3. The highest BCUT2D eigenvalue weighted by Crippen LogP contribution is 2.18. The van der Waals surface area contributed by atoms with Crippen molar-refractivity contribution in [2.75, 3.05) is 19.7 Å². The van der Waals surface area contributed by atoms with Crippen molar-refractivity contribution in [3.63, 3.8) is 0 Å². The minimum absolute atomic E-state index is 0.0780. The molecule has 0 aliphatic carbocycles. The van der Waals surface area contributed by atoms with Crippen LogP contribution in [0.5, 0.6) is 0 Å². The van der Waals surface area contributed by atoms with Crippen molar-refractivity contribution in [3.8, 4) is 0 Å². The third-order valence-corrected chi connectivity index (χ3v) is 5.12. The topological polar surface area (TPSA) is 91.5 Å². The van der Waals surface area contributed by atoms with Crippen LogP contribution in [0.1, 0.15) is 22.2 Å². The maximum atomic E-state index is 12.3. The number of para-hydroxylation sites is 1. The molecule has 0 spiro atoms. The standard InChI is InChI=1S/C20H21N3O4S/c1-2-23(12-18(24)22-10-14-6-5-9-28-14)19(25)13-27-20(26)16-11-21-17-8-4-3-7-15(16)17/h3-9,11,21H,2,10,12-13H2,1H3,(H,22,24). The van der Waals surface area contributed by atoms with Crippen LogP contribution in [0.15, 0.2) is 48.0 Å². The molecule has 0 aliphatic heterocycles. The Morgan fingerprint density at radius 3 is 2.75 bits per heavy atom. The number of ether oxygens (including phenoxy) is 1. The Morgan fingerprint density at radius 1 is 1.18 bits per heavy atom. The number of H-pyrrole nitrogens is 1. The molecule has 3 rings (SSSR count). The van der Waals surface area contributed by atoms with Gasteiger partial charge in [0.1, 0.15) is 0 Å². The minimum Gasteiger partial charge on any atom is -0.452 e. The van der Waals surface area contributed by atoms with E-state index in [9.17, 15) is 14.4 Å². The molecule has 0 saturated carbocycles.